The van der Waals surface area contributed by atoms with Crippen molar-refractivity contribution >= 4 is 0 Å². The Balaban J connectivity index is 1.40. The van der Waals surface area contributed by atoms with Crippen molar-refractivity contribution in [3.05, 3.63) is 48.5 Å². The van der Waals surface area contributed by atoms with Crippen LogP contribution < -0.4 is 29.6 Å². The molecule has 8 nitrogen and oxygen atoms in total. The van der Waals surface area contributed by atoms with Gasteiger partial charge in [0.1, 0.15) is 48.4 Å². The van der Waals surface area contributed by atoms with Gasteiger partial charge in [0, 0.05) is 25.2 Å². The molecule has 2 aromatic carbocycles. The minimum Gasteiger partial charge on any atom is -0.494 e. The van der Waals surface area contributed by atoms with Gasteiger partial charge in [-0.3, -0.25) is 0 Å². The maximum absolute atomic E-state index is 9.95. The lowest BCUT2D eigenvalue weighted by molar-refractivity contribution is 0.104. The van der Waals surface area contributed by atoms with Crippen LogP contribution in [0.25, 0.3) is 0 Å². The molecule has 8 heteroatoms. The highest BCUT2D eigenvalue weighted by Gasteiger charge is 2.07. The summed E-state index contributed by atoms with van der Waals surface area (Å²) in [5.41, 5.74) is 0. The zero-order valence-electron chi connectivity index (χ0n) is 26.4. The first-order chi connectivity index (χ1) is 20.3. The van der Waals surface area contributed by atoms with Crippen molar-refractivity contribution in [3.8, 4) is 23.0 Å². The lowest BCUT2D eigenvalue weighted by Gasteiger charge is -2.15. The summed E-state index contributed by atoms with van der Waals surface area (Å²) in [7, 11) is 0. The van der Waals surface area contributed by atoms with Crippen LogP contribution in [0.1, 0.15) is 79.1 Å². The second-order valence-corrected chi connectivity index (χ2v) is 11.5. The standard InChI is InChI=1S/C34H56N2O6/c1-27(2)35-23-29(37)25-41-33-17-13-31(14-18-33)39-21-11-9-7-5-6-8-10-12-22-40-32-15-19-34(20-16-32)42-26-30(38)24-36-28(3)4/h13-20,27-30,35-38H,5-12,21-26H2,1-4H3/t29-,30-/m0/s1. The second-order valence-electron chi connectivity index (χ2n) is 11.5. The van der Waals surface area contributed by atoms with Gasteiger partial charge in [0.2, 0.25) is 0 Å². The van der Waals surface area contributed by atoms with Gasteiger partial charge in [-0.2, -0.15) is 0 Å². The summed E-state index contributed by atoms with van der Waals surface area (Å²) in [6.07, 6.45) is 8.41. The lowest BCUT2D eigenvalue weighted by Crippen LogP contribution is -2.35. The van der Waals surface area contributed by atoms with Crippen molar-refractivity contribution in [2.75, 3.05) is 39.5 Å². The van der Waals surface area contributed by atoms with E-state index in [2.05, 4.69) is 38.3 Å². The molecule has 0 radical (unpaired) electrons. The van der Waals surface area contributed by atoms with Gasteiger partial charge in [0.25, 0.3) is 0 Å². The second kappa shape index (κ2) is 22.1. The molecule has 0 aromatic heterocycles. The predicted octanol–water partition coefficient (Wildman–Crippen LogP) is 5.74. The maximum Gasteiger partial charge on any atom is 0.119 e. The summed E-state index contributed by atoms with van der Waals surface area (Å²) >= 11 is 0. The first-order valence-corrected chi connectivity index (χ1v) is 15.9. The Kier molecular flexibility index (Phi) is 18.8. The summed E-state index contributed by atoms with van der Waals surface area (Å²) < 4.78 is 23.0. The third-order valence-electron chi connectivity index (χ3n) is 6.63. The van der Waals surface area contributed by atoms with Gasteiger partial charge in [-0.1, -0.05) is 66.2 Å². The molecule has 0 heterocycles. The zero-order valence-corrected chi connectivity index (χ0v) is 26.4. The minimum atomic E-state index is -0.530. The molecule has 2 atom stereocenters. The van der Waals surface area contributed by atoms with Crippen LogP contribution in [0, 0.1) is 0 Å². The number of hydrogen-bond donors (Lipinski definition) is 4. The SMILES string of the molecule is CC(C)NC[C@H](O)COc1ccc(OCCCCCCCCCCOc2ccc(OC[C@@H](O)CNC(C)C)cc2)cc1. The van der Waals surface area contributed by atoms with E-state index in [0.29, 0.717) is 25.2 Å². The van der Waals surface area contributed by atoms with Crippen molar-refractivity contribution in [3.63, 3.8) is 0 Å². The normalized spacial score (nSPS) is 12.9. The third-order valence-corrected chi connectivity index (χ3v) is 6.63. The molecule has 0 fully saturated rings. The molecule has 0 bridgehead atoms. The average Bonchev–Trinajstić information content (AvgIpc) is 2.98. The van der Waals surface area contributed by atoms with E-state index in [1.165, 1.54) is 38.5 Å². The quantitative estimate of drug-likeness (QED) is 0.109. The number of aliphatic hydroxyl groups excluding tert-OH is 2. The van der Waals surface area contributed by atoms with E-state index < -0.39 is 12.2 Å². The van der Waals surface area contributed by atoms with Gasteiger partial charge in [-0.25, -0.2) is 0 Å². The number of hydrogen-bond acceptors (Lipinski definition) is 8. The summed E-state index contributed by atoms with van der Waals surface area (Å²) in [5.74, 6) is 3.17. The molecule has 0 saturated carbocycles. The fraction of sp³-hybridized carbons (Fsp3) is 0.647. The van der Waals surface area contributed by atoms with Crippen molar-refractivity contribution in [2.24, 2.45) is 0 Å². The molecule has 0 aliphatic carbocycles. The van der Waals surface area contributed by atoms with Gasteiger partial charge < -0.3 is 39.8 Å². The van der Waals surface area contributed by atoms with E-state index in [1.807, 2.05) is 48.5 Å². The van der Waals surface area contributed by atoms with Crippen LogP contribution in [-0.4, -0.2) is 74.0 Å². The van der Waals surface area contributed by atoms with Gasteiger partial charge in [-0.15, -0.1) is 0 Å². The Morgan fingerprint density at radius 2 is 0.762 bits per heavy atom. The van der Waals surface area contributed by atoms with Crippen LogP contribution in [0.4, 0.5) is 0 Å². The van der Waals surface area contributed by atoms with Crippen LogP contribution in [0.2, 0.25) is 0 Å². The lowest BCUT2D eigenvalue weighted by atomic mass is 10.1. The number of rotatable bonds is 25. The topological polar surface area (TPSA) is 101 Å². The fourth-order valence-electron chi connectivity index (χ4n) is 4.16. The molecule has 4 N–H and O–H groups in total. The Morgan fingerprint density at radius 1 is 0.476 bits per heavy atom. The van der Waals surface area contributed by atoms with E-state index in [9.17, 15) is 10.2 Å². The molecule has 2 rings (SSSR count). The summed E-state index contributed by atoms with van der Waals surface area (Å²) in [6.45, 7) is 11.2. The minimum absolute atomic E-state index is 0.267. The summed E-state index contributed by atoms with van der Waals surface area (Å²) in [5, 5.41) is 26.3. The highest BCUT2D eigenvalue weighted by atomic mass is 16.5. The Bertz CT molecular complexity index is 832. The Morgan fingerprint density at radius 3 is 1.07 bits per heavy atom. The van der Waals surface area contributed by atoms with E-state index in [0.717, 1.165) is 49.1 Å². The van der Waals surface area contributed by atoms with Gasteiger partial charge in [0.05, 0.1) is 13.2 Å². The predicted molar refractivity (Wildman–Crippen MR) is 170 cm³/mol. The van der Waals surface area contributed by atoms with Crippen LogP contribution in [-0.2, 0) is 0 Å². The van der Waals surface area contributed by atoms with Crippen LogP contribution in [0.3, 0.4) is 0 Å². The summed E-state index contributed by atoms with van der Waals surface area (Å²) in [6, 6.07) is 15.9. The van der Waals surface area contributed by atoms with E-state index in [1.54, 1.807) is 0 Å². The van der Waals surface area contributed by atoms with E-state index >= 15 is 0 Å². The van der Waals surface area contributed by atoms with E-state index in [4.69, 9.17) is 18.9 Å². The Labute approximate surface area is 254 Å². The van der Waals surface area contributed by atoms with Crippen molar-refractivity contribution in [2.45, 2.75) is 103 Å². The average molecular weight is 589 g/mol. The third kappa shape index (κ3) is 18.1. The largest absolute Gasteiger partial charge is 0.494 e. The first-order valence-electron chi connectivity index (χ1n) is 15.9. The number of unbranched alkanes of at least 4 members (excludes halogenated alkanes) is 7. The number of benzene rings is 2. The van der Waals surface area contributed by atoms with Crippen LogP contribution >= 0.6 is 0 Å². The fourth-order valence-corrected chi connectivity index (χ4v) is 4.16. The summed E-state index contributed by atoms with van der Waals surface area (Å²) in [4.78, 5) is 0. The molecule has 2 aromatic rings. The van der Waals surface area contributed by atoms with Crippen LogP contribution in [0.5, 0.6) is 23.0 Å². The molecule has 0 amide bonds. The smallest absolute Gasteiger partial charge is 0.119 e. The molecule has 0 aliphatic rings. The monoisotopic (exact) mass is 588 g/mol. The molecule has 238 valence electrons. The van der Waals surface area contributed by atoms with Crippen molar-refractivity contribution in [1.82, 2.24) is 10.6 Å². The molecule has 0 unspecified atom stereocenters. The molecule has 0 aliphatic heterocycles. The molecule has 0 spiro atoms. The van der Waals surface area contributed by atoms with Gasteiger partial charge in [0.15, 0.2) is 0 Å². The van der Waals surface area contributed by atoms with Gasteiger partial charge >= 0.3 is 0 Å². The van der Waals surface area contributed by atoms with Gasteiger partial charge in [-0.05, 0) is 61.4 Å². The number of ether oxygens (including phenoxy) is 4. The highest BCUT2D eigenvalue weighted by molar-refractivity contribution is 5.32. The Hall–Kier alpha value is -2.52. The number of aliphatic hydroxyl groups is 2. The molecular weight excluding hydrogens is 532 g/mol. The highest BCUT2D eigenvalue weighted by Crippen LogP contribution is 2.20. The van der Waals surface area contributed by atoms with Crippen molar-refractivity contribution < 1.29 is 29.2 Å². The maximum atomic E-state index is 9.95. The first kappa shape index (κ1) is 35.7. The van der Waals surface area contributed by atoms with Crippen LogP contribution in [0.15, 0.2) is 48.5 Å². The molecular formula is C34H56N2O6. The molecule has 0 saturated heterocycles. The van der Waals surface area contributed by atoms with E-state index in [-0.39, 0.29) is 13.2 Å². The molecule has 42 heavy (non-hydrogen) atoms. The number of nitrogens with one attached hydrogen (secondary N) is 2. The van der Waals surface area contributed by atoms with Crippen molar-refractivity contribution in [1.29, 1.82) is 0 Å². The zero-order chi connectivity index (χ0) is 30.4.